The number of imide groups is 2. The molecule has 252 valence electrons. The van der Waals surface area contributed by atoms with Crippen LogP contribution < -0.4 is 14.5 Å². The van der Waals surface area contributed by atoms with Gasteiger partial charge in [0.2, 0.25) is 23.6 Å². The molecule has 4 aliphatic rings. The van der Waals surface area contributed by atoms with Crippen molar-refractivity contribution in [2.24, 2.45) is 23.7 Å². The summed E-state index contributed by atoms with van der Waals surface area (Å²) in [6, 6.07) is 26.4. The molecule has 0 aromatic heterocycles. The second-order valence-electron chi connectivity index (χ2n) is 13.1. The van der Waals surface area contributed by atoms with E-state index in [-0.39, 0.29) is 36.2 Å². The molecule has 4 aromatic rings. The van der Waals surface area contributed by atoms with Crippen molar-refractivity contribution >= 4 is 78.5 Å². The van der Waals surface area contributed by atoms with E-state index in [1.165, 1.54) is 16.9 Å². The number of hydrogen-bond acceptors (Lipinski definition) is 6. The molecular formula is C39H29Br2ClN2O6. The van der Waals surface area contributed by atoms with E-state index in [1.807, 2.05) is 36.4 Å². The fourth-order valence-corrected chi connectivity index (χ4v) is 9.79. The van der Waals surface area contributed by atoms with Crippen LogP contribution in [0, 0.1) is 23.7 Å². The van der Waals surface area contributed by atoms with Gasteiger partial charge in [-0.3, -0.25) is 24.1 Å². The van der Waals surface area contributed by atoms with Crippen molar-refractivity contribution < 1.29 is 29.0 Å². The average Bonchev–Trinajstić information content (AvgIpc) is 3.50. The number of amides is 4. The van der Waals surface area contributed by atoms with Gasteiger partial charge in [-0.05, 0) is 100 Å². The zero-order valence-corrected chi connectivity index (χ0v) is 30.5. The van der Waals surface area contributed by atoms with Crippen LogP contribution in [0.1, 0.15) is 29.9 Å². The van der Waals surface area contributed by atoms with Gasteiger partial charge in [0.1, 0.15) is 0 Å². The van der Waals surface area contributed by atoms with Crippen molar-refractivity contribution in [3.63, 3.8) is 0 Å². The molecule has 8 nitrogen and oxygen atoms in total. The summed E-state index contributed by atoms with van der Waals surface area (Å²) in [7, 11) is 1.44. The summed E-state index contributed by atoms with van der Waals surface area (Å²) in [6.45, 7) is 0. The minimum atomic E-state index is -1.45. The van der Waals surface area contributed by atoms with Gasteiger partial charge in [0.25, 0.3) is 0 Å². The molecule has 0 bridgehead atoms. The molecule has 2 saturated heterocycles. The van der Waals surface area contributed by atoms with E-state index in [2.05, 4.69) is 31.9 Å². The third-order valence-corrected chi connectivity index (χ3v) is 12.2. The number of halogens is 3. The Hall–Kier alpha value is -4.25. The van der Waals surface area contributed by atoms with Crippen LogP contribution in [0.4, 0.5) is 11.4 Å². The van der Waals surface area contributed by atoms with Crippen LogP contribution in [0.2, 0.25) is 5.02 Å². The second-order valence-corrected chi connectivity index (χ2v) is 15.3. The Bertz CT molecular complexity index is 2140. The predicted molar refractivity (Wildman–Crippen MR) is 195 cm³/mol. The number of nitrogens with zero attached hydrogens (tertiary/aromatic N) is 2. The number of aromatic hydroxyl groups is 1. The van der Waals surface area contributed by atoms with Gasteiger partial charge in [-0.1, -0.05) is 75.6 Å². The lowest BCUT2D eigenvalue weighted by atomic mass is 9.49. The van der Waals surface area contributed by atoms with Gasteiger partial charge in [-0.25, -0.2) is 4.90 Å². The Morgan fingerprint density at radius 3 is 2.26 bits per heavy atom. The summed E-state index contributed by atoms with van der Waals surface area (Å²) < 4.78 is 6.75. The Kier molecular flexibility index (Phi) is 8.04. The van der Waals surface area contributed by atoms with E-state index >= 15 is 4.79 Å². The highest BCUT2D eigenvalue weighted by atomic mass is 79.9. The first-order valence-corrected chi connectivity index (χ1v) is 18.1. The summed E-state index contributed by atoms with van der Waals surface area (Å²) in [6.07, 6.45) is 2.46. The Morgan fingerprint density at radius 1 is 0.820 bits per heavy atom. The Morgan fingerprint density at radius 2 is 1.56 bits per heavy atom. The standard InChI is InChI=1S/C39H29Br2ClN2O6/c1-50-31-17-20(16-30(41)34(31)45)33-26-14-15-27-32(37(48)43(35(27)46)24-12-10-22(40)11-13-24)28(26)19-29-36(47)44(25-9-5-8-23(42)18-25)38(49)39(29,33)21-6-3-2-4-7-21/h2-14,16-18,27-29,32-33,45H,15,19H2,1H3/t27-,28+,29-,32-,33-,39+/m0/s1. The number of hydrogen-bond donors (Lipinski definition) is 1. The second kappa shape index (κ2) is 12.2. The van der Waals surface area contributed by atoms with Gasteiger partial charge in [-0.2, -0.15) is 0 Å². The quantitative estimate of drug-likeness (QED) is 0.162. The van der Waals surface area contributed by atoms with Crippen LogP contribution in [0.3, 0.4) is 0 Å². The first-order valence-electron chi connectivity index (χ1n) is 16.2. The number of phenolic OH excluding ortho intramolecular Hbond substituents is 1. The van der Waals surface area contributed by atoms with Crippen molar-refractivity contribution in [1.29, 1.82) is 0 Å². The first-order chi connectivity index (χ1) is 24.1. The lowest BCUT2D eigenvalue weighted by Crippen LogP contribution is -2.53. The number of carbonyl (C=O) groups is 4. The van der Waals surface area contributed by atoms with Gasteiger partial charge in [0, 0.05) is 15.4 Å². The molecule has 0 unspecified atom stereocenters. The molecule has 4 amide bonds. The first kappa shape index (κ1) is 32.9. The number of anilines is 2. The number of allylic oxidation sites excluding steroid dienone is 2. The third-order valence-electron chi connectivity index (χ3n) is 10.9. The van der Waals surface area contributed by atoms with Crippen LogP contribution in [0.5, 0.6) is 11.5 Å². The third kappa shape index (κ3) is 4.68. The highest BCUT2D eigenvalue weighted by molar-refractivity contribution is 9.10. The molecule has 11 heteroatoms. The fourth-order valence-electron chi connectivity index (χ4n) is 8.88. The number of fused-ring (bicyclic) bond motifs is 4. The maximum absolute atomic E-state index is 15.4. The van der Waals surface area contributed by atoms with Gasteiger partial charge >= 0.3 is 0 Å². The monoisotopic (exact) mass is 814 g/mol. The zero-order chi connectivity index (χ0) is 35.1. The van der Waals surface area contributed by atoms with Crippen LogP contribution in [0.25, 0.3) is 0 Å². The van der Waals surface area contributed by atoms with Crippen molar-refractivity contribution in [2.45, 2.75) is 24.2 Å². The average molecular weight is 817 g/mol. The smallest absolute Gasteiger partial charge is 0.246 e. The van der Waals surface area contributed by atoms with Crippen molar-refractivity contribution in [1.82, 2.24) is 0 Å². The predicted octanol–water partition coefficient (Wildman–Crippen LogP) is 7.95. The van der Waals surface area contributed by atoms with Crippen LogP contribution >= 0.6 is 43.5 Å². The number of phenols is 1. The normalized spacial score (nSPS) is 27.2. The van der Waals surface area contributed by atoms with Crippen molar-refractivity contribution in [3.05, 3.63) is 128 Å². The van der Waals surface area contributed by atoms with Crippen molar-refractivity contribution in [2.75, 3.05) is 16.9 Å². The minimum Gasteiger partial charge on any atom is -0.503 e. The molecule has 1 saturated carbocycles. The molecule has 2 heterocycles. The van der Waals surface area contributed by atoms with E-state index in [0.717, 1.165) is 10.0 Å². The van der Waals surface area contributed by atoms with Crippen LogP contribution in [0.15, 0.2) is 112 Å². The van der Waals surface area contributed by atoms with Crippen molar-refractivity contribution in [3.8, 4) is 11.5 Å². The number of carbonyl (C=O) groups excluding carboxylic acids is 4. The van der Waals surface area contributed by atoms with E-state index in [1.54, 1.807) is 60.7 Å². The van der Waals surface area contributed by atoms with Crippen LogP contribution in [-0.2, 0) is 24.6 Å². The summed E-state index contributed by atoms with van der Waals surface area (Å²) in [4.78, 5) is 61.2. The molecular weight excluding hydrogens is 788 g/mol. The summed E-state index contributed by atoms with van der Waals surface area (Å²) in [5.41, 5.74) is 1.45. The number of methoxy groups -OCH3 is 1. The van der Waals surface area contributed by atoms with Gasteiger partial charge in [0.15, 0.2) is 11.5 Å². The number of rotatable bonds is 5. The molecule has 2 aliphatic heterocycles. The van der Waals surface area contributed by atoms with E-state index in [4.69, 9.17) is 16.3 Å². The molecule has 3 fully saturated rings. The number of ether oxygens (including phenoxy) is 1. The maximum atomic E-state index is 15.4. The molecule has 8 rings (SSSR count). The molecule has 0 spiro atoms. The highest BCUT2D eigenvalue weighted by Crippen LogP contribution is 2.65. The van der Waals surface area contributed by atoms with E-state index < -0.39 is 46.8 Å². The lowest BCUT2D eigenvalue weighted by molar-refractivity contribution is -0.127. The maximum Gasteiger partial charge on any atom is 0.246 e. The largest absolute Gasteiger partial charge is 0.503 e. The van der Waals surface area contributed by atoms with Gasteiger partial charge in [-0.15, -0.1) is 0 Å². The van der Waals surface area contributed by atoms with Gasteiger partial charge < -0.3 is 9.84 Å². The molecule has 1 N–H and O–H groups in total. The molecule has 6 atom stereocenters. The Balaban J connectivity index is 1.37. The zero-order valence-electron chi connectivity index (χ0n) is 26.6. The summed E-state index contributed by atoms with van der Waals surface area (Å²) in [5.74, 6) is -4.93. The number of benzene rings is 4. The van der Waals surface area contributed by atoms with Gasteiger partial charge in [0.05, 0.1) is 46.1 Å². The van der Waals surface area contributed by atoms with E-state index in [0.29, 0.717) is 32.0 Å². The molecule has 0 radical (unpaired) electrons. The molecule has 2 aliphatic carbocycles. The fraction of sp³-hybridized carbons (Fsp3) is 0.231. The minimum absolute atomic E-state index is 0.109. The Labute approximate surface area is 309 Å². The SMILES string of the molecule is COc1cc([C@H]2C3=CC[C@@H]4C(=O)N(c5ccc(Br)cc5)C(=O)[C@@H]4[C@@H]3C[C@H]3C(=O)N(c4cccc(Cl)c4)C(=O)[C@@]23c2ccccc2)cc(Br)c1O. The summed E-state index contributed by atoms with van der Waals surface area (Å²) >= 11 is 13.3. The molecule has 4 aromatic carbocycles. The summed E-state index contributed by atoms with van der Waals surface area (Å²) in [5, 5.41) is 11.2. The molecule has 50 heavy (non-hydrogen) atoms. The van der Waals surface area contributed by atoms with E-state index in [9.17, 15) is 19.5 Å². The highest BCUT2D eigenvalue weighted by Gasteiger charge is 2.70. The van der Waals surface area contributed by atoms with Crippen LogP contribution in [-0.4, -0.2) is 35.8 Å². The lowest BCUT2D eigenvalue weighted by Gasteiger charge is -2.50. The topological polar surface area (TPSA) is 104 Å².